The van der Waals surface area contributed by atoms with Gasteiger partial charge in [-0.25, -0.2) is 0 Å². The molecule has 5 heteroatoms. The van der Waals surface area contributed by atoms with Crippen LogP contribution in [0, 0.1) is 0 Å². The number of halogens is 1. The zero-order chi connectivity index (χ0) is 13.0. The summed E-state index contributed by atoms with van der Waals surface area (Å²) >= 11 is 1.70. The lowest BCUT2D eigenvalue weighted by atomic mass is 10.1. The van der Waals surface area contributed by atoms with E-state index in [0.717, 1.165) is 50.3 Å². The molecule has 0 radical (unpaired) electrons. The number of thiophene rings is 1. The van der Waals surface area contributed by atoms with Crippen molar-refractivity contribution in [1.82, 2.24) is 10.2 Å². The number of carbonyl (C=O) groups excluding carboxylic acids is 1. The van der Waals surface area contributed by atoms with E-state index in [-0.39, 0.29) is 18.3 Å². The van der Waals surface area contributed by atoms with E-state index in [2.05, 4.69) is 25.2 Å². The van der Waals surface area contributed by atoms with Crippen LogP contribution in [-0.4, -0.2) is 37.0 Å². The average molecular weight is 303 g/mol. The second-order valence-electron chi connectivity index (χ2n) is 4.70. The van der Waals surface area contributed by atoms with Gasteiger partial charge >= 0.3 is 0 Å². The number of rotatable bonds is 4. The number of carbonyl (C=O) groups is 1. The molecule has 0 unspecified atom stereocenters. The molecule has 1 aliphatic heterocycles. The Labute approximate surface area is 125 Å². The molecule has 108 valence electrons. The molecule has 1 N–H and O–H groups in total. The second kappa shape index (κ2) is 7.88. The first-order valence-corrected chi connectivity index (χ1v) is 7.69. The van der Waals surface area contributed by atoms with Crippen molar-refractivity contribution < 1.29 is 4.79 Å². The number of aryl methyl sites for hydroxylation is 2. The Kier molecular flexibility index (Phi) is 6.83. The van der Waals surface area contributed by atoms with Crippen LogP contribution in [-0.2, 0) is 12.8 Å². The summed E-state index contributed by atoms with van der Waals surface area (Å²) in [6, 6.07) is 2.11. The van der Waals surface area contributed by atoms with Gasteiger partial charge in [0.2, 0.25) is 0 Å². The van der Waals surface area contributed by atoms with Crippen molar-refractivity contribution in [3.05, 3.63) is 21.4 Å². The molecule has 1 amide bonds. The molecule has 1 aliphatic rings. The zero-order valence-corrected chi connectivity index (χ0v) is 13.3. The molecule has 0 saturated carbocycles. The van der Waals surface area contributed by atoms with Crippen LogP contribution < -0.4 is 5.32 Å². The van der Waals surface area contributed by atoms with Gasteiger partial charge in [0, 0.05) is 31.1 Å². The molecule has 0 aliphatic carbocycles. The molecule has 2 heterocycles. The number of amides is 1. The van der Waals surface area contributed by atoms with Crippen molar-refractivity contribution in [2.45, 2.75) is 33.1 Å². The summed E-state index contributed by atoms with van der Waals surface area (Å²) < 4.78 is 0. The SMILES string of the molecule is CCCc1sc(C(=O)N2CCNCC2)cc1CC.Cl. The van der Waals surface area contributed by atoms with Crippen LogP contribution in [0.5, 0.6) is 0 Å². The highest BCUT2D eigenvalue weighted by molar-refractivity contribution is 7.14. The highest BCUT2D eigenvalue weighted by atomic mass is 35.5. The Morgan fingerprint density at radius 1 is 1.37 bits per heavy atom. The van der Waals surface area contributed by atoms with E-state index in [0.29, 0.717) is 0 Å². The number of nitrogens with one attached hydrogen (secondary N) is 1. The van der Waals surface area contributed by atoms with E-state index in [4.69, 9.17) is 0 Å². The maximum atomic E-state index is 12.4. The van der Waals surface area contributed by atoms with Gasteiger partial charge in [-0.1, -0.05) is 20.3 Å². The Bertz CT molecular complexity index is 414. The minimum atomic E-state index is 0. The normalized spacial score (nSPS) is 15.2. The van der Waals surface area contributed by atoms with Gasteiger partial charge in [-0.2, -0.15) is 0 Å². The van der Waals surface area contributed by atoms with Crippen molar-refractivity contribution in [3.63, 3.8) is 0 Å². The van der Waals surface area contributed by atoms with Gasteiger partial charge in [-0.3, -0.25) is 4.79 Å². The largest absolute Gasteiger partial charge is 0.335 e. The van der Waals surface area contributed by atoms with Crippen LogP contribution in [0.1, 0.15) is 40.4 Å². The Morgan fingerprint density at radius 3 is 2.63 bits per heavy atom. The highest BCUT2D eigenvalue weighted by Gasteiger charge is 2.20. The van der Waals surface area contributed by atoms with E-state index >= 15 is 0 Å². The third kappa shape index (κ3) is 3.94. The molecule has 0 spiro atoms. The summed E-state index contributed by atoms with van der Waals surface area (Å²) in [5.74, 6) is 0.221. The number of piperazine rings is 1. The summed E-state index contributed by atoms with van der Waals surface area (Å²) in [5, 5.41) is 3.28. The number of hydrogen-bond acceptors (Lipinski definition) is 3. The molecule has 0 bridgehead atoms. The van der Waals surface area contributed by atoms with Crippen LogP contribution in [0.3, 0.4) is 0 Å². The van der Waals surface area contributed by atoms with Crippen LogP contribution in [0.2, 0.25) is 0 Å². The fourth-order valence-corrected chi connectivity index (χ4v) is 3.66. The quantitative estimate of drug-likeness (QED) is 0.927. The molecule has 1 aromatic rings. The Balaban J connectivity index is 0.00000180. The van der Waals surface area contributed by atoms with Gasteiger partial charge in [0.1, 0.15) is 0 Å². The molecule has 1 saturated heterocycles. The maximum absolute atomic E-state index is 12.4. The van der Waals surface area contributed by atoms with Gasteiger partial charge in [-0.05, 0) is 24.5 Å². The van der Waals surface area contributed by atoms with E-state index in [9.17, 15) is 4.79 Å². The van der Waals surface area contributed by atoms with E-state index < -0.39 is 0 Å². The van der Waals surface area contributed by atoms with E-state index in [1.54, 1.807) is 11.3 Å². The Hall–Kier alpha value is -0.580. The summed E-state index contributed by atoms with van der Waals surface area (Å²) in [4.78, 5) is 16.7. The third-order valence-electron chi connectivity index (χ3n) is 3.37. The predicted octanol–water partition coefficient (Wildman–Crippen LogP) is 2.73. The van der Waals surface area contributed by atoms with Crippen molar-refractivity contribution in [1.29, 1.82) is 0 Å². The molecule has 2 rings (SSSR count). The van der Waals surface area contributed by atoms with E-state index in [1.807, 2.05) is 4.90 Å². The minimum Gasteiger partial charge on any atom is -0.335 e. The summed E-state index contributed by atoms with van der Waals surface area (Å²) in [6.07, 6.45) is 3.28. The fraction of sp³-hybridized carbons (Fsp3) is 0.643. The van der Waals surface area contributed by atoms with Crippen molar-refractivity contribution >= 4 is 29.7 Å². The van der Waals surface area contributed by atoms with Crippen LogP contribution >= 0.6 is 23.7 Å². The van der Waals surface area contributed by atoms with Crippen LogP contribution in [0.25, 0.3) is 0 Å². The second-order valence-corrected chi connectivity index (χ2v) is 5.84. The molecular formula is C14H23ClN2OS. The topological polar surface area (TPSA) is 32.3 Å². The third-order valence-corrected chi connectivity index (χ3v) is 4.59. The lowest BCUT2D eigenvalue weighted by molar-refractivity contribution is 0.0740. The minimum absolute atomic E-state index is 0. The molecule has 1 fully saturated rings. The number of nitrogens with zero attached hydrogens (tertiary/aromatic N) is 1. The first kappa shape index (κ1) is 16.5. The monoisotopic (exact) mass is 302 g/mol. The van der Waals surface area contributed by atoms with Gasteiger partial charge in [-0.15, -0.1) is 23.7 Å². The predicted molar refractivity (Wildman–Crippen MR) is 83.7 cm³/mol. The fourth-order valence-electron chi connectivity index (χ4n) is 2.33. The molecule has 0 atom stereocenters. The molecule has 3 nitrogen and oxygen atoms in total. The van der Waals surface area contributed by atoms with Crippen molar-refractivity contribution in [3.8, 4) is 0 Å². The standard InChI is InChI=1S/C14H22N2OS.ClH/c1-3-5-12-11(4-2)10-13(18-12)14(17)16-8-6-15-7-9-16;/h10,15H,3-9H2,1-2H3;1H. The van der Waals surface area contributed by atoms with Gasteiger partial charge in [0.05, 0.1) is 4.88 Å². The average Bonchev–Trinajstić information content (AvgIpc) is 2.82. The van der Waals surface area contributed by atoms with Crippen molar-refractivity contribution in [2.75, 3.05) is 26.2 Å². The smallest absolute Gasteiger partial charge is 0.264 e. The van der Waals surface area contributed by atoms with Crippen LogP contribution in [0.4, 0.5) is 0 Å². The maximum Gasteiger partial charge on any atom is 0.264 e. The van der Waals surface area contributed by atoms with Crippen molar-refractivity contribution in [2.24, 2.45) is 0 Å². The number of hydrogen-bond donors (Lipinski definition) is 1. The van der Waals surface area contributed by atoms with Gasteiger partial charge in [0.15, 0.2) is 0 Å². The highest BCUT2D eigenvalue weighted by Crippen LogP contribution is 2.25. The lowest BCUT2D eigenvalue weighted by Gasteiger charge is -2.26. The first-order chi connectivity index (χ1) is 8.76. The first-order valence-electron chi connectivity index (χ1n) is 6.87. The van der Waals surface area contributed by atoms with E-state index in [1.165, 1.54) is 10.4 Å². The van der Waals surface area contributed by atoms with Gasteiger partial charge in [0.25, 0.3) is 5.91 Å². The molecule has 19 heavy (non-hydrogen) atoms. The van der Waals surface area contributed by atoms with Gasteiger partial charge < -0.3 is 10.2 Å². The summed E-state index contributed by atoms with van der Waals surface area (Å²) in [5.41, 5.74) is 1.36. The molecular weight excluding hydrogens is 280 g/mol. The summed E-state index contributed by atoms with van der Waals surface area (Å²) in [7, 11) is 0. The Morgan fingerprint density at radius 2 is 2.05 bits per heavy atom. The zero-order valence-electron chi connectivity index (χ0n) is 11.7. The summed E-state index contributed by atoms with van der Waals surface area (Å²) in [6.45, 7) is 7.86. The van der Waals surface area contributed by atoms with Crippen LogP contribution in [0.15, 0.2) is 6.07 Å². The molecule has 0 aromatic carbocycles. The lowest BCUT2D eigenvalue weighted by Crippen LogP contribution is -2.46. The molecule has 1 aromatic heterocycles.